The fourth-order valence-corrected chi connectivity index (χ4v) is 4.42. The van der Waals surface area contributed by atoms with E-state index in [1.807, 2.05) is 42.0 Å². The normalized spacial score (nSPS) is 19.4. The number of hydrazine groups is 1. The van der Waals surface area contributed by atoms with Gasteiger partial charge in [-0.2, -0.15) is 0 Å². The molecule has 0 radical (unpaired) electrons. The maximum absolute atomic E-state index is 13.6. The number of benzene rings is 2. The number of ether oxygens (including phenoxy) is 2. The minimum atomic E-state index is -0.706. The van der Waals surface area contributed by atoms with Gasteiger partial charge in [-0.25, -0.2) is 9.40 Å². The van der Waals surface area contributed by atoms with E-state index in [1.165, 1.54) is 12.1 Å². The van der Waals surface area contributed by atoms with Crippen molar-refractivity contribution in [3.8, 4) is 5.75 Å². The van der Waals surface area contributed by atoms with Crippen LogP contribution in [0.5, 0.6) is 5.75 Å². The Kier molecular flexibility index (Phi) is 7.48. The van der Waals surface area contributed by atoms with Crippen LogP contribution in [-0.4, -0.2) is 60.7 Å². The quantitative estimate of drug-likeness (QED) is 0.704. The van der Waals surface area contributed by atoms with Gasteiger partial charge in [0, 0.05) is 25.6 Å². The third-order valence-corrected chi connectivity index (χ3v) is 6.27. The van der Waals surface area contributed by atoms with Gasteiger partial charge in [-0.15, -0.1) is 0 Å². The van der Waals surface area contributed by atoms with Crippen LogP contribution in [0.2, 0.25) is 0 Å². The maximum atomic E-state index is 13.6. The van der Waals surface area contributed by atoms with Crippen LogP contribution in [0.25, 0.3) is 0 Å². The molecule has 2 atom stereocenters. The van der Waals surface area contributed by atoms with Crippen molar-refractivity contribution >= 4 is 11.8 Å². The molecule has 0 saturated carbocycles. The van der Waals surface area contributed by atoms with Crippen molar-refractivity contribution in [2.75, 3.05) is 32.8 Å². The van der Waals surface area contributed by atoms with Crippen LogP contribution >= 0.6 is 0 Å². The molecule has 1 saturated heterocycles. The van der Waals surface area contributed by atoms with E-state index in [0.717, 1.165) is 23.1 Å². The fraction of sp³-hybridized carbons (Fsp3) is 0.462. The van der Waals surface area contributed by atoms with Gasteiger partial charge in [0.25, 0.3) is 5.91 Å². The molecule has 0 spiro atoms. The summed E-state index contributed by atoms with van der Waals surface area (Å²) in [5, 5.41) is 1.83. The van der Waals surface area contributed by atoms with Crippen molar-refractivity contribution in [1.29, 1.82) is 0 Å². The summed E-state index contributed by atoms with van der Waals surface area (Å²) in [5.74, 6) is -0.114. The zero-order valence-corrected chi connectivity index (χ0v) is 19.9. The molecule has 34 heavy (non-hydrogen) atoms. The molecular weight excluding hydrogens is 437 g/mol. The smallest absolute Gasteiger partial charge is 0.275 e. The Morgan fingerprint density at radius 3 is 2.44 bits per heavy atom. The van der Waals surface area contributed by atoms with Crippen LogP contribution in [0.15, 0.2) is 42.5 Å². The lowest BCUT2D eigenvalue weighted by molar-refractivity contribution is -0.136. The van der Waals surface area contributed by atoms with Gasteiger partial charge in [-0.3, -0.25) is 15.0 Å². The first kappa shape index (κ1) is 24.2. The van der Waals surface area contributed by atoms with E-state index < -0.39 is 6.10 Å². The molecule has 1 fully saturated rings. The highest BCUT2D eigenvalue weighted by Crippen LogP contribution is 2.38. The van der Waals surface area contributed by atoms with E-state index in [1.54, 1.807) is 19.1 Å². The molecule has 0 unspecified atom stereocenters. The molecule has 8 heteroatoms. The predicted molar refractivity (Wildman–Crippen MR) is 126 cm³/mol. The number of morpholine rings is 1. The van der Waals surface area contributed by atoms with Gasteiger partial charge >= 0.3 is 0 Å². The molecule has 2 amide bonds. The highest BCUT2D eigenvalue weighted by molar-refractivity contribution is 5.80. The largest absolute Gasteiger partial charge is 0.481 e. The van der Waals surface area contributed by atoms with Crippen molar-refractivity contribution in [2.24, 2.45) is 5.92 Å². The molecule has 0 aromatic heterocycles. The molecule has 1 N–H and O–H groups in total. The van der Waals surface area contributed by atoms with Crippen molar-refractivity contribution in [3.05, 3.63) is 65.0 Å². The van der Waals surface area contributed by atoms with E-state index in [-0.39, 0.29) is 29.6 Å². The second-order valence-corrected chi connectivity index (χ2v) is 9.09. The zero-order valence-electron chi connectivity index (χ0n) is 19.9. The number of halogens is 1. The average Bonchev–Trinajstić information content (AvgIpc) is 2.84. The maximum Gasteiger partial charge on any atom is 0.275 e. The number of hydrogen-bond donors (Lipinski definition) is 1. The summed E-state index contributed by atoms with van der Waals surface area (Å²) in [6.45, 7) is 8.49. The van der Waals surface area contributed by atoms with Gasteiger partial charge < -0.3 is 14.4 Å². The summed E-state index contributed by atoms with van der Waals surface area (Å²) in [7, 11) is 0. The minimum Gasteiger partial charge on any atom is -0.481 e. The van der Waals surface area contributed by atoms with Gasteiger partial charge in [0.05, 0.1) is 19.3 Å². The second kappa shape index (κ2) is 10.5. The number of hydrogen-bond acceptors (Lipinski definition) is 5. The standard InChI is InChI=1S/C26H32FN3O4/c1-17(2)26(32)30-11-10-19-6-9-22(16-23(19)24(30)20-4-7-21(27)8-5-20)34-18(3)25(31)28-29-12-14-33-15-13-29/h4-9,16-18,24H,10-15H2,1-3H3,(H,28,31)/t18-,24-/m1/s1. The Balaban J connectivity index is 1.58. The number of amides is 2. The Morgan fingerprint density at radius 1 is 1.06 bits per heavy atom. The third kappa shape index (κ3) is 5.39. The Hall–Kier alpha value is -2.97. The van der Waals surface area contributed by atoms with Crippen LogP contribution in [0.4, 0.5) is 4.39 Å². The van der Waals surface area contributed by atoms with Crippen LogP contribution in [-0.2, 0) is 20.7 Å². The zero-order chi connectivity index (χ0) is 24.2. The lowest BCUT2D eigenvalue weighted by Crippen LogP contribution is -2.51. The molecule has 0 bridgehead atoms. The van der Waals surface area contributed by atoms with Crippen LogP contribution in [0.3, 0.4) is 0 Å². The topological polar surface area (TPSA) is 71.1 Å². The summed E-state index contributed by atoms with van der Waals surface area (Å²) in [4.78, 5) is 27.5. The van der Waals surface area contributed by atoms with E-state index >= 15 is 0 Å². The van der Waals surface area contributed by atoms with Gasteiger partial charge in [0.2, 0.25) is 5.91 Å². The number of carbonyl (C=O) groups is 2. The highest BCUT2D eigenvalue weighted by atomic mass is 19.1. The van der Waals surface area contributed by atoms with E-state index in [2.05, 4.69) is 5.43 Å². The molecule has 2 heterocycles. The first-order valence-electron chi connectivity index (χ1n) is 11.8. The van der Waals surface area contributed by atoms with E-state index in [0.29, 0.717) is 38.6 Å². The number of carbonyl (C=O) groups excluding carboxylic acids is 2. The first-order valence-corrected chi connectivity index (χ1v) is 11.8. The number of nitrogens with one attached hydrogen (secondary N) is 1. The number of nitrogens with zero attached hydrogens (tertiary/aromatic N) is 2. The van der Waals surface area contributed by atoms with Gasteiger partial charge in [0.15, 0.2) is 6.10 Å². The summed E-state index contributed by atoms with van der Waals surface area (Å²) in [6.07, 6.45) is 0.0147. The van der Waals surface area contributed by atoms with Crippen LogP contribution in [0.1, 0.15) is 43.5 Å². The molecule has 182 valence electrons. The van der Waals surface area contributed by atoms with Crippen LogP contribution < -0.4 is 10.2 Å². The third-order valence-electron chi connectivity index (χ3n) is 6.27. The van der Waals surface area contributed by atoms with Crippen molar-refractivity contribution in [2.45, 2.75) is 39.3 Å². The predicted octanol–water partition coefficient (Wildman–Crippen LogP) is 3.09. The molecule has 4 rings (SSSR count). The lowest BCUT2D eigenvalue weighted by atomic mass is 9.87. The van der Waals surface area contributed by atoms with Gasteiger partial charge in [-0.1, -0.05) is 32.0 Å². The molecule has 2 aromatic carbocycles. The Labute approximate surface area is 199 Å². The highest BCUT2D eigenvalue weighted by Gasteiger charge is 2.33. The summed E-state index contributed by atoms with van der Waals surface area (Å²) in [6, 6.07) is 11.7. The first-order chi connectivity index (χ1) is 16.3. The molecule has 2 aliphatic heterocycles. The molecule has 7 nitrogen and oxygen atoms in total. The monoisotopic (exact) mass is 469 g/mol. The van der Waals surface area contributed by atoms with E-state index in [9.17, 15) is 14.0 Å². The Morgan fingerprint density at radius 2 is 1.76 bits per heavy atom. The summed E-state index contributed by atoms with van der Waals surface area (Å²) in [5.41, 5.74) is 5.76. The van der Waals surface area contributed by atoms with Crippen molar-refractivity contribution < 1.29 is 23.5 Å². The van der Waals surface area contributed by atoms with E-state index in [4.69, 9.17) is 9.47 Å². The average molecular weight is 470 g/mol. The summed E-state index contributed by atoms with van der Waals surface area (Å²) < 4.78 is 24.9. The van der Waals surface area contributed by atoms with Gasteiger partial charge in [-0.05, 0) is 54.3 Å². The van der Waals surface area contributed by atoms with Crippen molar-refractivity contribution in [3.63, 3.8) is 0 Å². The van der Waals surface area contributed by atoms with Crippen LogP contribution in [0, 0.1) is 11.7 Å². The van der Waals surface area contributed by atoms with Crippen molar-refractivity contribution in [1.82, 2.24) is 15.3 Å². The Bertz CT molecular complexity index is 1020. The molecule has 2 aliphatic rings. The SMILES string of the molecule is CC(C)C(=O)N1CCc2ccc(O[C@H](C)C(=O)NN3CCOCC3)cc2[C@H]1c1ccc(F)cc1. The minimum absolute atomic E-state index is 0.0459. The van der Waals surface area contributed by atoms with Gasteiger partial charge in [0.1, 0.15) is 11.6 Å². The summed E-state index contributed by atoms with van der Waals surface area (Å²) >= 11 is 0. The molecular formula is C26H32FN3O4. The fourth-order valence-electron chi connectivity index (χ4n) is 4.42. The molecule has 2 aromatic rings. The second-order valence-electron chi connectivity index (χ2n) is 9.09. The number of rotatable bonds is 6. The lowest BCUT2D eigenvalue weighted by Gasteiger charge is -2.39. The number of fused-ring (bicyclic) bond motifs is 1. The molecule has 0 aliphatic carbocycles.